The van der Waals surface area contributed by atoms with Crippen LogP contribution in [0.5, 0.6) is 0 Å². The van der Waals surface area contributed by atoms with Crippen LogP contribution in [0.2, 0.25) is 0 Å². The first kappa shape index (κ1) is 8.94. The fourth-order valence-corrected chi connectivity index (χ4v) is 0.322. The highest BCUT2D eigenvalue weighted by atomic mass is 16.6. The molecule has 10 heavy (non-hydrogen) atoms. The number of carboxylic acid groups (broad SMARTS) is 1. The van der Waals surface area contributed by atoms with Gasteiger partial charge >= 0.3 is 11.9 Å². The monoisotopic (exact) mass is 146 g/mol. The third kappa shape index (κ3) is 3.88. The summed E-state index contributed by atoms with van der Waals surface area (Å²) in [6, 6.07) is 0. The van der Waals surface area contributed by atoms with Crippen LogP contribution in [-0.2, 0) is 14.3 Å². The summed E-state index contributed by atoms with van der Waals surface area (Å²) >= 11 is 0. The summed E-state index contributed by atoms with van der Waals surface area (Å²) in [7, 11) is 0. The largest absolute Gasteiger partial charge is 0.473 e. The van der Waals surface area contributed by atoms with Crippen LogP contribution in [0, 0.1) is 0 Å². The number of hydrogen-bond acceptors (Lipinski definition) is 3. The molecule has 4 nitrogen and oxygen atoms in total. The highest BCUT2D eigenvalue weighted by Crippen LogP contribution is 2.06. The molecule has 0 amide bonds. The van der Waals surface area contributed by atoms with Crippen molar-refractivity contribution in [3.8, 4) is 0 Å². The van der Waals surface area contributed by atoms with Crippen LogP contribution in [0.4, 0.5) is 0 Å². The summed E-state index contributed by atoms with van der Waals surface area (Å²) in [6.07, 6.45) is 0. The number of carboxylic acids is 1. The van der Waals surface area contributed by atoms with Gasteiger partial charge in [0.05, 0.1) is 0 Å². The normalized spacial score (nSPS) is 10.7. The number of aliphatic carboxylic acids is 1. The van der Waals surface area contributed by atoms with Gasteiger partial charge in [-0.15, -0.1) is 0 Å². The third-order valence-electron chi connectivity index (χ3n) is 0.574. The highest BCUT2D eigenvalue weighted by molar-refractivity contribution is 6.28. The molecule has 0 fully saturated rings. The Morgan fingerprint density at radius 3 is 1.80 bits per heavy atom. The second-order valence-corrected chi connectivity index (χ2v) is 2.81. The van der Waals surface area contributed by atoms with Gasteiger partial charge in [-0.25, -0.2) is 9.59 Å². The summed E-state index contributed by atoms with van der Waals surface area (Å²) in [6.45, 7) is 4.81. The van der Waals surface area contributed by atoms with Crippen molar-refractivity contribution >= 4 is 11.9 Å². The molecule has 0 aliphatic carbocycles. The molecule has 0 bridgehead atoms. The molecule has 0 aromatic rings. The standard InChI is InChI=1S/C6H10O4/c1-6(2,3)10-5(9)4(7)8/h1-3H3,(H,7,8). The predicted octanol–water partition coefficient (Wildman–Crippen LogP) is 0.413. The van der Waals surface area contributed by atoms with E-state index in [0.717, 1.165) is 0 Å². The van der Waals surface area contributed by atoms with Gasteiger partial charge in [-0.1, -0.05) is 0 Å². The van der Waals surface area contributed by atoms with E-state index in [-0.39, 0.29) is 0 Å². The maximum Gasteiger partial charge on any atom is 0.417 e. The van der Waals surface area contributed by atoms with Crippen molar-refractivity contribution in [2.75, 3.05) is 0 Å². The number of ether oxygens (including phenoxy) is 1. The summed E-state index contributed by atoms with van der Waals surface area (Å²) in [5, 5.41) is 8.07. The lowest BCUT2D eigenvalue weighted by Crippen LogP contribution is -2.28. The molecule has 0 saturated carbocycles. The molecule has 0 spiro atoms. The average Bonchev–Trinajstić information content (AvgIpc) is 1.60. The zero-order valence-corrected chi connectivity index (χ0v) is 6.17. The van der Waals surface area contributed by atoms with E-state index in [9.17, 15) is 9.59 Å². The van der Waals surface area contributed by atoms with Crippen LogP contribution < -0.4 is 0 Å². The predicted molar refractivity (Wildman–Crippen MR) is 33.5 cm³/mol. The molecular formula is C6H10O4. The summed E-state index contributed by atoms with van der Waals surface area (Å²) in [5.41, 5.74) is -0.727. The first-order chi connectivity index (χ1) is 4.33. The van der Waals surface area contributed by atoms with Crippen LogP contribution in [0.3, 0.4) is 0 Å². The molecule has 0 atom stereocenters. The lowest BCUT2D eigenvalue weighted by atomic mass is 10.2. The third-order valence-corrected chi connectivity index (χ3v) is 0.574. The van der Waals surface area contributed by atoms with Crippen molar-refractivity contribution in [1.29, 1.82) is 0 Å². The second kappa shape index (κ2) is 2.68. The maximum absolute atomic E-state index is 10.3. The van der Waals surface area contributed by atoms with Crippen LogP contribution >= 0.6 is 0 Å². The Kier molecular flexibility index (Phi) is 2.40. The van der Waals surface area contributed by atoms with Gasteiger partial charge < -0.3 is 9.84 Å². The summed E-state index contributed by atoms with van der Waals surface area (Å²) in [5.74, 6) is -2.78. The van der Waals surface area contributed by atoms with Crippen LogP contribution in [0.25, 0.3) is 0 Å². The quantitative estimate of drug-likeness (QED) is 0.397. The number of rotatable bonds is 0. The van der Waals surface area contributed by atoms with Crippen LogP contribution in [0.15, 0.2) is 0 Å². The molecular weight excluding hydrogens is 136 g/mol. The minimum absolute atomic E-state index is 0.727. The fraction of sp³-hybridized carbons (Fsp3) is 0.667. The smallest absolute Gasteiger partial charge is 0.417 e. The Balaban J connectivity index is 3.93. The van der Waals surface area contributed by atoms with Gasteiger partial charge in [0.2, 0.25) is 0 Å². The second-order valence-electron chi connectivity index (χ2n) is 2.81. The Morgan fingerprint density at radius 1 is 1.30 bits per heavy atom. The lowest BCUT2D eigenvalue weighted by Gasteiger charge is -2.17. The Labute approximate surface area is 58.8 Å². The summed E-state index contributed by atoms with van der Waals surface area (Å²) < 4.78 is 4.46. The van der Waals surface area contributed by atoms with E-state index < -0.39 is 17.5 Å². The van der Waals surface area contributed by atoms with Crippen molar-refractivity contribution in [1.82, 2.24) is 0 Å². The van der Waals surface area contributed by atoms with Crippen LogP contribution in [0.1, 0.15) is 20.8 Å². The Morgan fingerprint density at radius 2 is 1.70 bits per heavy atom. The van der Waals surface area contributed by atoms with E-state index in [1.807, 2.05) is 0 Å². The zero-order chi connectivity index (χ0) is 8.36. The molecule has 0 aromatic heterocycles. The average molecular weight is 146 g/mol. The Hall–Kier alpha value is -1.06. The van der Waals surface area contributed by atoms with E-state index in [2.05, 4.69) is 4.74 Å². The molecule has 0 heterocycles. The fourth-order valence-electron chi connectivity index (χ4n) is 0.322. The van der Waals surface area contributed by atoms with Crippen molar-refractivity contribution in [2.45, 2.75) is 26.4 Å². The molecule has 0 aromatic carbocycles. The van der Waals surface area contributed by atoms with Gasteiger partial charge in [-0.05, 0) is 20.8 Å². The van der Waals surface area contributed by atoms with Gasteiger partial charge in [-0.2, -0.15) is 0 Å². The Bertz CT molecular complexity index is 154. The number of carbonyl (C=O) groups is 2. The molecule has 58 valence electrons. The SMILES string of the molecule is CC(C)(C)OC(=O)C(=O)O. The molecule has 4 heteroatoms. The van der Waals surface area contributed by atoms with Gasteiger partial charge in [-0.3, -0.25) is 0 Å². The van der Waals surface area contributed by atoms with Crippen molar-refractivity contribution < 1.29 is 19.4 Å². The van der Waals surface area contributed by atoms with Crippen LogP contribution in [-0.4, -0.2) is 22.6 Å². The van der Waals surface area contributed by atoms with Gasteiger partial charge in [0, 0.05) is 0 Å². The van der Waals surface area contributed by atoms with Gasteiger partial charge in [0.1, 0.15) is 5.60 Å². The van der Waals surface area contributed by atoms with E-state index >= 15 is 0 Å². The maximum atomic E-state index is 10.3. The highest BCUT2D eigenvalue weighted by Gasteiger charge is 2.21. The first-order valence-electron chi connectivity index (χ1n) is 2.79. The molecule has 0 saturated heterocycles. The summed E-state index contributed by atoms with van der Waals surface area (Å²) in [4.78, 5) is 20.2. The minimum atomic E-state index is -1.56. The first-order valence-corrected chi connectivity index (χ1v) is 2.79. The molecule has 0 aliphatic heterocycles. The van der Waals surface area contributed by atoms with E-state index in [1.165, 1.54) is 0 Å². The number of carbonyl (C=O) groups excluding carboxylic acids is 1. The number of esters is 1. The van der Waals surface area contributed by atoms with E-state index in [4.69, 9.17) is 5.11 Å². The number of hydrogen-bond donors (Lipinski definition) is 1. The lowest BCUT2D eigenvalue weighted by molar-refractivity contribution is -0.171. The molecule has 1 N–H and O–H groups in total. The molecule has 0 radical (unpaired) electrons. The molecule has 0 aliphatic rings. The van der Waals surface area contributed by atoms with E-state index in [1.54, 1.807) is 20.8 Å². The van der Waals surface area contributed by atoms with Crippen molar-refractivity contribution in [3.05, 3.63) is 0 Å². The minimum Gasteiger partial charge on any atom is -0.473 e. The molecule has 0 rings (SSSR count). The van der Waals surface area contributed by atoms with E-state index in [0.29, 0.717) is 0 Å². The molecule has 0 unspecified atom stereocenters. The zero-order valence-electron chi connectivity index (χ0n) is 6.17. The van der Waals surface area contributed by atoms with Gasteiger partial charge in [0.25, 0.3) is 0 Å². The van der Waals surface area contributed by atoms with Gasteiger partial charge in [0.15, 0.2) is 0 Å². The van der Waals surface area contributed by atoms with Crippen molar-refractivity contribution in [2.24, 2.45) is 0 Å². The van der Waals surface area contributed by atoms with Crippen molar-refractivity contribution in [3.63, 3.8) is 0 Å². The topological polar surface area (TPSA) is 63.6 Å².